The molecule has 0 aliphatic heterocycles. The van der Waals surface area contributed by atoms with Crippen molar-refractivity contribution in [1.82, 2.24) is 10.0 Å². The molecule has 1 atom stereocenters. The quantitative estimate of drug-likeness (QED) is 0.877. The molecule has 112 valence electrons. The maximum Gasteiger partial charge on any atom is 0.241 e. The molecular weight excluding hydrogens is 296 g/mol. The Morgan fingerprint density at radius 1 is 1.40 bits per heavy atom. The van der Waals surface area contributed by atoms with Gasteiger partial charge in [0.05, 0.1) is 4.90 Å². The van der Waals surface area contributed by atoms with E-state index in [9.17, 15) is 8.42 Å². The fourth-order valence-corrected chi connectivity index (χ4v) is 4.31. The number of hydrogen-bond donors (Lipinski definition) is 2. The molecule has 1 fully saturated rings. The molecule has 1 aromatic carbocycles. The van der Waals surface area contributed by atoms with Crippen molar-refractivity contribution in [3.05, 3.63) is 28.3 Å². The Bertz CT molecular complexity index is 626. The van der Waals surface area contributed by atoms with Crippen molar-refractivity contribution < 1.29 is 8.42 Å². The van der Waals surface area contributed by atoms with Crippen LogP contribution in [0.3, 0.4) is 0 Å². The predicted molar refractivity (Wildman–Crippen MR) is 81.5 cm³/mol. The fraction of sp³-hybridized carbons (Fsp3) is 0.571. The van der Waals surface area contributed by atoms with Gasteiger partial charge in [-0.25, -0.2) is 13.1 Å². The Hall–Kier alpha value is -0.620. The minimum absolute atomic E-state index is 0.0126. The summed E-state index contributed by atoms with van der Waals surface area (Å²) in [4.78, 5) is 0.276. The highest BCUT2D eigenvalue weighted by atomic mass is 35.5. The molecule has 2 N–H and O–H groups in total. The average molecular weight is 317 g/mol. The Kier molecular flexibility index (Phi) is 4.17. The van der Waals surface area contributed by atoms with Crippen molar-refractivity contribution in [2.24, 2.45) is 5.41 Å². The van der Waals surface area contributed by atoms with Crippen LogP contribution in [0.2, 0.25) is 5.02 Å². The molecule has 1 saturated carbocycles. The van der Waals surface area contributed by atoms with Crippen molar-refractivity contribution in [2.45, 2.75) is 44.7 Å². The van der Waals surface area contributed by atoms with Crippen LogP contribution in [0, 0.1) is 12.3 Å². The van der Waals surface area contributed by atoms with Gasteiger partial charge < -0.3 is 5.32 Å². The smallest absolute Gasteiger partial charge is 0.241 e. The van der Waals surface area contributed by atoms with Crippen molar-refractivity contribution in [3.8, 4) is 0 Å². The summed E-state index contributed by atoms with van der Waals surface area (Å²) in [7, 11) is -1.71. The molecule has 0 saturated heterocycles. The highest BCUT2D eigenvalue weighted by Crippen LogP contribution is 2.45. The summed E-state index contributed by atoms with van der Waals surface area (Å²) in [6.45, 7) is 6.51. The number of benzene rings is 1. The summed E-state index contributed by atoms with van der Waals surface area (Å²) in [5.74, 6) is 0. The van der Waals surface area contributed by atoms with E-state index in [-0.39, 0.29) is 16.4 Å². The lowest BCUT2D eigenvalue weighted by Gasteiger charge is -2.14. The zero-order valence-corrected chi connectivity index (χ0v) is 13.8. The van der Waals surface area contributed by atoms with Crippen molar-refractivity contribution >= 4 is 21.6 Å². The Balaban J connectivity index is 2.36. The first kappa shape index (κ1) is 15.8. The van der Waals surface area contributed by atoms with E-state index < -0.39 is 10.0 Å². The summed E-state index contributed by atoms with van der Waals surface area (Å²) < 4.78 is 27.8. The van der Waals surface area contributed by atoms with Gasteiger partial charge >= 0.3 is 0 Å². The maximum atomic E-state index is 12.5. The Labute approximate surface area is 126 Å². The minimum Gasteiger partial charge on any atom is -0.316 e. The van der Waals surface area contributed by atoms with Gasteiger partial charge in [-0.2, -0.15) is 0 Å². The van der Waals surface area contributed by atoms with Crippen LogP contribution in [0.1, 0.15) is 31.4 Å². The molecule has 0 heterocycles. The molecule has 0 amide bonds. The highest BCUT2D eigenvalue weighted by Gasteiger charge is 2.48. The van der Waals surface area contributed by atoms with Gasteiger partial charge in [0.1, 0.15) is 0 Å². The predicted octanol–water partition coefficient (Wildman–Crippen LogP) is 2.44. The molecule has 0 spiro atoms. The van der Waals surface area contributed by atoms with Crippen molar-refractivity contribution in [1.29, 1.82) is 0 Å². The minimum atomic E-state index is -3.52. The molecule has 6 heteroatoms. The molecule has 1 aliphatic carbocycles. The van der Waals surface area contributed by atoms with Crippen LogP contribution >= 0.6 is 11.6 Å². The van der Waals surface area contributed by atoms with Crippen LogP contribution in [0.4, 0.5) is 0 Å². The van der Waals surface area contributed by atoms with Gasteiger partial charge in [-0.1, -0.05) is 25.4 Å². The van der Waals surface area contributed by atoms with E-state index in [1.54, 1.807) is 6.07 Å². The van der Waals surface area contributed by atoms with E-state index >= 15 is 0 Å². The van der Waals surface area contributed by atoms with E-state index in [0.29, 0.717) is 11.6 Å². The normalized spacial score (nSPS) is 20.9. The molecule has 2 rings (SSSR count). The van der Waals surface area contributed by atoms with E-state index in [1.807, 2.05) is 14.0 Å². The number of sulfonamides is 1. The van der Waals surface area contributed by atoms with Crippen LogP contribution in [0.5, 0.6) is 0 Å². The monoisotopic (exact) mass is 316 g/mol. The second kappa shape index (κ2) is 5.30. The van der Waals surface area contributed by atoms with E-state index in [1.165, 1.54) is 6.07 Å². The lowest BCUT2D eigenvalue weighted by atomic mass is 10.1. The molecule has 1 aromatic rings. The standard InChI is InChI=1S/C14H21ClN2O2S/c1-9-10(8-16-4)5-11(15)6-12(9)20(18,19)17-13-7-14(13,2)3/h5-6,13,16-17H,7-8H2,1-4H3. The van der Waals surface area contributed by atoms with Gasteiger partial charge in [-0.05, 0) is 49.1 Å². The largest absolute Gasteiger partial charge is 0.316 e. The summed E-state index contributed by atoms with van der Waals surface area (Å²) in [6, 6.07) is 3.33. The highest BCUT2D eigenvalue weighted by molar-refractivity contribution is 7.89. The average Bonchev–Trinajstić information content (AvgIpc) is 2.89. The summed E-state index contributed by atoms with van der Waals surface area (Å²) in [5, 5.41) is 3.46. The molecule has 4 nitrogen and oxygen atoms in total. The fourth-order valence-electron chi connectivity index (χ4n) is 2.28. The van der Waals surface area contributed by atoms with Gasteiger partial charge in [0.15, 0.2) is 0 Å². The maximum absolute atomic E-state index is 12.5. The first-order valence-electron chi connectivity index (χ1n) is 6.63. The van der Waals surface area contributed by atoms with E-state index in [2.05, 4.69) is 23.9 Å². The number of nitrogens with one attached hydrogen (secondary N) is 2. The third-order valence-corrected chi connectivity index (χ3v) is 5.72. The molecular formula is C14H21ClN2O2S. The number of halogens is 1. The van der Waals surface area contributed by atoms with Crippen LogP contribution in [0.25, 0.3) is 0 Å². The van der Waals surface area contributed by atoms with Gasteiger partial charge in [-0.15, -0.1) is 0 Å². The SMILES string of the molecule is CNCc1cc(Cl)cc(S(=O)(=O)NC2CC2(C)C)c1C. The molecule has 0 radical (unpaired) electrons. The summed E-state index contributed by atoms with van der Waals surface area (Å²) in [5.41, 5.74) is 1.69. The third-order valence-electron chi connectivity index (χ3n) is 3.90. The number of hydrogen-bond acceptors (Lipinski definition) is 3. The number of rotatable bonds is 5. The van der Waals surface area contributed by atoms with Gasteiger partial charge in [0, 0.05) is 17.6 Å². The van der Waals surface area contributed by atoms with Crippen LogP contribution in [-0.4, -0.2) is 21.5 Å². The second-order valence-corrected chi connectivity index (χ2v) is 8.20. The molecule has 1 aliphatic rings. The van der Waals surface area contributed by atoms with Gasteiger partial charge in [-0.3, -0.25) is 0 Å². The summed E-state index contributed by atoms with van der Waals surface area (Å²) >= 11 is 6.05. The molecule has 0 bridgehead atoms. The van der Waals surface area contributed by atoms with E-state index in [0.717, 1.165) is 17.5 Å². The molecule has 1 unspecified atom stereocenters. The third kappa shape index (κ3) is 3.17. The zero-order valence-electron chi connectivity index (χ0n) is 12.2. The van der Waals surface area contributed by atoms with Gasteiger partial charge in [0.25, 0.3) is 0 Å². The lowest BCUT2D eigenvalue weighted by Crippen LogP contribution is -2.29. The van der Waals surface area contributed by atoms with Crippen LogP contribution in [0.15, 0.2) is 17.0 Å². The van der Waals surface area contributed by atoms with Crippen molar-refractivity contribution in [3.63, 3.8) is 0 Å². The second-order valence-electron chi connectivity index (χ2n) is 6.08. The van der Waals surface area contributed by atoms with Crippen molar-refractivity contribution in [2.75, 3.05) is 7.05 Å². The first-order valence-corrected chi connectivity index (χ1v) is 8.49. The summed E-state index contributed by atoms with van der Waals surface area (Å²) in [6.07, 6.45) is 0.870. The molecule has 0 aromatic heterocycles. The zero-order chi connectivity index (χ0) is 15.1. The lowest BCUT2D eigenvalue weighted by molar-refractivity contribution is 0.554. The van der Waals surface area contributed by atoms with Gasteiger partial charge in [0.2, 0.25) is 10.0 Å². The topological polar surface area (TPSA) is 58.2 Å². The van der Waals surface area contributed by atoms with E-state index in [4.69, 9.17) is 11.6 Å². The first-order chi connectivity index (χ1) is 9.17. The van der Waals surface area contributed by atoms with Crippen LogP contribution in [-0.2, 0) is 16.6 Å². The van der Waals surface area contributed by atoms with Crippen LogP contribution < -0.4 is 10.0 Å². The molecule has 20 heavy (non-hydrogen) atoms. The Morgan fingerprint density at radius 3 is 2.50 bits per heavy atom. The Morgan fingerprint density at radius 2 is 2.00 bits per heavy atom.